The molecule has 0 bridgehead atoms. The smallest absolute Gasteiger partial charge is 0.202 e. The van der Waals surface area contributed by atoms with Crippen molar-refractivity contribution in [2.45, 2.75) is 65.9 Å². The number of pyridine rings is 1. The molecule has 1 aromatic heterocycles. The van der Waals surface area contributed by atoms with E-state index in [0.29, 0.717) is 10.4 Å². The molecule has 0 N–H and O–H groups in total. The molecular formula is C23H31I2NOS3. The van der Waals surface area contributed by atoms with E-state index in [9.17, 15) is 4.79 Å². The molecule has 0 aliphatic carbocycles. The number of thioether (sulfide) groups is 2. The molecule has 0 spiro atoms. The summed E-state index contributed by atoms with van der Waals surface area (Å²) in [5, 5.41) is 2.29. The Morgan fingerprint density at radius 1 is 1.17 bits per heavy atom. The number of aromatic nitrogens is 1. The minimum atomic E-state index is 0.165. The van der Waals surface area contributed by atoms with Gasteiger partial charge in [0.15, 0.2) is 0 Å². The molecule has 0 aliphatic rings. The number of fused-ring (bicyclic) bond motifs is 1. The minimum Gasteiger partial charge on any atom is -0.335 e. The number of hydrogen-bond donors (Lipinski definition) is 0. The second-order valence-corrected chi connectivity index (χ2v) is 12.7. The number of para-hydroxylation sites is 1. The van der Waals surface area contributed by atoms with Crippen LogP contribution in [0.25, 0.3) is 10.9 Å². The number of nitrogens with zero attached hydrogens (tertiary/aromatic N) is 1. The first kappa shape index (κ1) is 26.9. The van der Waals surface area contributed by atoms with Gasteiger partial charge in [0, 0.05) is 38.3 Å². The highest BCUT2D eigenvalue weighted by Crippen LogP contribution is 2.34. The first-order chi connectivity index (χ1) is 14.5. The molecule has 0 radical (unpaired) electrons. The Balaban J connectivity index is 1.73. The Hall–Kier alpha value is 0.680. The molecule has 7 heteroatoms. The molecule has 2 atom stereocenters. The maximum atomic E-state index is 11.8. The molecule has 2 aromatic rings. The van der Waals surface area contributed by atoms with E-state index >= 15 is 0 Å². The number of hydrogen-bond acceptors (Lipinski definition) is 4. The van der Waals surface area contributed by atoms with Crippen LogP contribution in [0, 0.1) is 4.64 Å². The van der Waals surface area contributed by atoms with Crippen molar-refractivity contribution in [2.24, 2.45) is 7.05 Å². The van der Waals surface area contributed by atoms with Gasteiger partial charge in [-0.25, -0.2) is 0 Å². The quantitative estimate of drug-likeness (QED) is 0.0692. The zero-order valence-corrected chi connectivity index (χ0v) is 24.5. The largest absolute Gasteiger partial charge is 0.335 e. The Labute approximate surface area is 222 Å². The Morgan fingerprint density at radius 2 is 1.87 bits per heavy atom. The van der Waals surface area contributed by atoms with Crippen LogP contribution in [0.15, 0.2) is 35.2 Å². The first-order valence-corrected chi connectivity index (χ1v) is 15.6. The van der Waals surface area contributed by atoms with Crippen LogP contribution in [0.3, 0.4) is 0 Å². The third-order valence-electron chi connectivity index (χ3n) is 5.17. The van der Waals surface area contributed by atoms with Crippen LogP contribution >= 0.6 is 80.9 Å². The fourth-order valence-corrected chi connectivity index (χ4v) is 6.97. The summed E-state index contributed by atoms with van der Waals surface area (Å²) in [5.41, 5.74) is 1.21. The highest BCUT2D eigenvalue weighted by atomic mass is 127. The summed E-state index contributed by atoms with van der Waals surface area (Å²) >= 11 is 13.6. The number of benzene rings is 1. The number of aryl methyl sites for hydroxylation is 1. The van der Waals surface area contributed by atoms with E-state index in [4.69, 9.17) is 12.2 Å². The topological polar surface area (TPSA) is 22.0 Å². The van der Waals surface area contributed by atoms with E-state index in [1.807, 2.05) is 11.8 Å². The SMILES string of the molecule is CCC(CCCCCCCSC(=O)C(I)CI)Sc1cc(=S)n(C)c2ccccc12. The number of halogens is 2. The van der Waals surface area contributed by atoms with Crippen molar-refractivity contribution < 1.29 is 4.79 Å². The van der Waals surface area contributed by atoms with Gasteiger partial charge in [-0.15, -0.1) is 11.8 Å². The summed E-state index contributed by atoms with van der Waals surface area (Å²) in [4.78, 5) is 13.2. The van der Waals surface area contributed by atoms with Gasteiger partial charge in [0.1, 0.15) is 4.64 Å². The average molecular weight is 688 g/mol. The number of carbonyl (C=O) groups is 1. The van der Waals surface area contributed by atoms with Gasteiger partial charge >= 0.3 is 0 Å². The lowest BCUT2D eigenvalue weighted by atomic mass is 10.1. The molecule has 0 aliphatic heterocycles. The third kappa shape index (κ3) is 8.56. The minimum absolute atomic E-state index is 0.165. The molecule has 0 amide bonds. The predicted molar refractivity (Wildman–Crippen MR) is 156 cm³/mol. The molecule has 0 saturated carbocycles. The summed E-state index contributed by atoms with van der Waals surface area (Å²) in [6.45, 7) is 2.29. The monoisotopic (exact) mass is 687 g/mol. The van der Waals surface area contributed by atoms with Crippen LogP contribution in [-0.4, -0.2) is 29.0 Å². The fourth-order valence-electron chi connectivity index (χ4n) is 3.33. The average Bonchev–Trinajstić information content (AvgIpc) is 2.77. The molecule has 1 aromatic carbocycles. The normalized spacial score (nSPS) is 13.5. The van der Waals surface area contributed by atoms with Crippen molar-refractivity contribution in [3.8, 4) is 0 Å². The third-order valence-corrected chi connectivity index (χ3v) is 12.1. The maximum Gasteiger partial charge on any atom is 0.202 e. The highest BCUT2D eigenvalue weighted by Gasteiger charge is 2.13. The van der Waals surface area contributed by atoms with E-state index in [1.165, 1.54) is 66.1 Å². The predicted octanol–water partition coefficient (Wildman–Crippen LogP) is 8.62. The zero-order valence-electron chi connectivity index (χ0n) is 17.7. The molecule has 2 rings (SSSR count). The van der Waals surface area contributed by atoms with Gasteiger partial charge in [-0.2, -0.15) is 0 Å². The van der Waals surface area contributed by atoms with Crippen LogP contribution in [0.5, 0.6) is 0 Å². The molecule has 1 heterocycles. The summed E-state index contributed by atoms with van der Waals surface area (Å²) in [7, 11) is 2.05. The van der Waals surface area contributed by atoms with Crippen molar-refractivity contribution in [3.63, 3.8) is 0 Å². The van der Waals surface area contributed by atoms with Crippen LogP contribution in [0.1, 0.15) is 51.9 Å². The van der Waals surface area contributed by atoms with Crippen molar-refractivity contribution in [2.75, 3.05) is 10.2 Å². The zero-order chi connectivity index (χ0) is 21.9. The standard InChI is InChI=1S/C23H31I2NOS3/c1-3-17(11-7-5-4-6-10-14-29-23(27)19(25)16-24)30-21-15-22(28)26(2)20-13-9-8-12-18(20)21/h8-9,12-13,15,17,19H,3-7,10-11,14,16H2,1-2H3. The van der Waals surface area contributed by atoms with E-state index in [2.05, 4.69) is 94.1 Å². The van der Waals surface area contributed by atoms with Crippen LogP contribution in [-0.2, 0) is 11.8 Å². The summed E-state index contributed by atoms with van der Waals surface area (Å²) in [6.07, 6.45) is 8.66. The molecule has 0 fully saturated rings. The second kappa shape index (κ2) is 14.8. The van der Waals surface area contributed by atoms with Crippen LogP contribution < -0.4 is 0 Å². The molecule has 0 saturated heterocycles. The second-order valence-electron chi connectivity index (χ2n) is 7.42. The summed E-state index contributed by atoms with van der Waals surface area (Å²) in [6, 6.07) is 10.7. The maximum absolute atomic E-state index is 11.8. The molecule has 166 valence electrons. The Kier molecular flexibility index (Phi) is 13.2. The van der Waals surface area contributed by atoms with Crippen molar-refractivity contribution in [1.82, 2.24) is 4.57 Å². The van der Waals surface area contributed by atoms with E-state index < -0.39 is 0 Å². The summed E-state index contributed by atoms with van der Waals surface area (Å²) in [5.74, 6) is 0.977. The van der Waals surface area contributed by atoms with Crippen molar-refractivity contribution in [1.29, 1.82) is 0 Å². The Bertz CT molecular complexity index is 871. The van der Waals surface area contributed by atoms with E-state index in [1.54, 1.807) is 0 Å². The lowest BCUT2D eigenvalue weighted by molar-refractivity contribution is -0.109. The number of rotatable bonds is 13. The number of unbranched alkanes of at least 4 members (excludes halogenated alkanes) is 4. The van der Waals surface area contributed by atoms with E-state index in [-0.39, 0.29) is 3.92 Å². The van der Waals surface area contributed by atoms with Gasteiger partial charge in [0.05, 0.1) is 3.92 Å². The van der Waals surface area contributed by atoms with Crippen molar-refractivity contribution in [3.05, 3.63) is 35.0 Å². The lowest BCUT2D eigenvalue weighted by Crippen LogP contribution is -2.11. The van der Waals surface area contributed by atoms with Gasteiger partial charge in [-0.1, -0.05) is 120 Å². The molecule has 2 nitrogen and oxygen atoms in total. The molecule has 30 heavy (non-hydrogen) atoms. The number of alkyl halides is 2. The molecule has 2 unspecified atom stereocenters. The van der Waals surface area contributed by atoms with Gasteiger partial charge in [0.2, 0.25) is 5.12 Å². The van der Waals surface area contributed by atoms with Crippen molar-refractivity contribution >= 4 is 96.9 Å². The highest BCUT2D eigenvalue weighted by molar-refractivity contribution is 14.1. The van der Waals surface area contributed by atoms with Gasteiger partial charge < -0.3 is 4.57 Å². The fraction of sp³-hybridized carbons (Fsp3) is 0.565. The van der Waals surface area contributed by atoms with E-state index in [0.717, 1.165) is 21.2 Å². The van der Waals surface area contributed by atoms with Gasteiger partial charge in [-0.05, 0) is 31.4 Å². The first-order valence-electron chi connectivity index (χ1n) is 10.6. The van der Waals surface area contributed by atoms with Gasteiger partial charge in [0.25, 0.3) is 0 Å². The molecular weight excluding hydrogens is 656 g/mol. The van der Waals surface area contributed by atoms with Gasteiger partial charge in [-0.3, -0.25) is 4.79 Å². The Morgan fingerprint density at radius 3 is 2.60 bits per heavy atom. The lowest BCUT2D eigenvalue weighted by Gasteiger charge is -2.17. The number of carbonyl (C=O) groups excluding carboxylic acids is 1. The van der Waals surface area contributed by atoms with Crippen LogP contribution in [0.4, 0.5) is 0 Å². The summed E-state index contributed by atoms with van der Waals surface area (Å²) < 4.78 is 4.07. The van der Waals surface area contributed by atoms with Crippen LogP contribution in [0.2, 0.25) is 0 Å².